The molecule has 0 atom stereocenters. The molecule has 1 aliphatic rings. The van der Waals surface area contributed by atoms with E-state index in [1.807, 2.05) is 37.3 Å². The van der Waals surface area contributed by atoms with E-state index in [-0.39, 0.29) is 5.91 Å². The molecule has 1 fully saturated rings. The molecule has 27 heavy (non-hydrogen) atoms. The second-order valence-corrected chi connectivity index (χ2v) is 7.56. The number of fused-ring (bicyclic) bond motifs is 1. The predicted octanol–water partition coefficient (Wildman–Crippen LogP) is 4.00. The standard InChI is InChI=1S/C22H26N4O/c1-15-7-8-18(16(2)13-15)23-21(27)14-26-11-9-17(10-12-26)22-24-19-5-3-4-6-20(19)25-22/h3-8,13,17H,9-12,14H2,1-2H3,(H,23,27)(H,24,25). The molecule has 1 amide bonds. The third-order valence-electron chi connectivity index (χ3n) is 5.41. The van der Waals surface area contributed by atoms with Crippen LogP contribution in [0, 0.1) is 13.8 Å². The zero-order chi connectivity index (χ0) is 18.8. The second kappa shape index (κ2) is 7.53. The lowest BCUT2D eigenvalue weighted by Gasteiger charge is -2.30. The van der Waals surface area contributed by atoms with E-state index in [1.165, 1.54) is 5.56 Å². The molecule has 1 aromatic heterocycles. The number of hydrogen-bond acceptors (Lipinski definition) is 3. The van der Waals surface area contributed by atoms with Crippen LogP contribution in [0.2, 0.25) is 0 Å². The van der Waals surface area contributed by atoms with E-state index in [9.17, 15) is 4.79 Å². The first-order valence-electron chi connectivity index (χ1n) is 9.62. The van der Waals surface area contributed by atoms with Crippen LogP contribution in [0.25, 0.3) is 11.0 Å². The summed E-state index contributed by atoms with van der Waals surface area (Å²) in [5.41, 5.74) is 5.35. The number of anilines is 1. The minimum absolute atomic E-state index is 0.0594. The third-order valence-corrected chi connectivity index (χ3v) is 5.41. The lowest BCUT2D eigenvalue weighted by molar-refractivity contribution is -0.117. The van der Waals surface area contributed by atoms with E-state index < -0.39 is 0 Å². The zero-order valence-electron chi connectivity index (χ0n) is 16.0. The summed E-state index contributed by atoms with van der Waals surface area (Å²) < 4.78 is 0. The van der Waals surface area contributed by atoms with Gasteiger partial charge in [-0.1, -0.05) is 29.8 Å². The first-order chi connectivity index (χ1) is 13.1. The maximum atomic E-state index is 12.4. The quantitative estimate of drug-likeness (QED) is 0.737. The van der Waals surface area contributed by atoms with E-state index >= 15 is 0 Å². The Bertz CT molecular complexity index is 921. The van der Waals surface area contributed by atoms with Gasteiger partial charge in [0.05, 0.1) is 17.6 Å². The normalized spacial score (nSPS) is 15.9. The van der Waals surface area contributed by atoms with Crippen molar-refractivity contribution in [3.8, 4) is 0 Å². The number of likely N-dealkylation sites (tertiary alicyclic amines) is 1. The number of nitrogens with one attached hydrogen (secondary N) is 2. The molecule has 0 spiro atoms. The highest BCUT2D eigenvalue weighted by Gasteiger charge is 2.24. The zero-order valence-corrected chi connectivity index (χ0v) is 16.0. The van der Waals surface area contributed by atoms with Crippen LogP contribution < -0.4 is 5.32 Å². The minimum Gasteiger partial charge on any atom is -0.342 e. The molecule has 0 radical (unpaired) electrons. The van der Waals surface area contributed by atoms with Gasteiger partial charge < -0.3 is 10.3 Å². The van der Waals surface area contributed by atoms with Crippen molar-refractivity contribution in [2.45, 2.75) is 32.6 Å². The van der Waals surface area contributed by atoms with E-state index in [4.69, 9.17) is 4.98 Å². The van der Waals surface area contributed by atoms with Gasteiger partial charge in [-0.15, -0.1) is 0 Å². The molecule has 4 rings (SSSR count). The molecule has 2 N–H and O–H groups in total. The molecular weight excluding hydrogens is 336 g/mol. The average molecular weight is 362 g/mol. The van der Waals surface area contributed by atoms with Gasteiger partial charge in [-0.2, -0.15) is 0 Å². The number of aromatic nitrogens is 2. The summed E-state index contributed by atoms with van der Waals surface area (Å²) in [6, 6.07) is 14.3. The number of carbonyl (C=O) groups excluding carboxylic acids is 1. The Morgan fingerprint density at radius 2 is 1.96 bits per heavy atom. The maximum absolute atomic E-state index is 12.4. The number of rotatable bonds is 4. The van der Waals surface area contributed by atoms with Crippen LogP contribution in [-0.4, -0.2) is 40.4 Å². The highest BCUT2D eigenvalue weighted by atomic mass is 16.2. The maximum Gasteiger partial charge on any atom is 0.238 e. The van der Waals surface area contributed by atoms with E-state index in [1.54, 1.807) is 0 Å². The summed E-state index contributed by atoms with van der Waals surface area (Å²) in [6.07, 6.45) is 2.05. The fourth-order valence-corrected chi connectivity index (χ4v) is 3.88. The van der Waals surface area contributed by atoms with Gasteiger partial charge in [-0.3, -0.25) is 9.69 Å². The molecule has 3 aromatic rings. The molecule has 0 unspecified atom stereocenters. The Morgan fingerprint density at radius 1 is 1.19 bits per heavy atom. The van der Waals surface area contributed by atoms with Gasteiger partial charge in [-0.25, -0.2) is 4.98 Å². The first kappa shape index (κ1) is 17.7. The Kier molecular flexibility index (Phi) is 4.94. The number of hydrogen-bond donors (Lipinski definition) is 2. The monoisotopic (exact) mass is 362 g/mol. The lowest BCUT2D eigenvalue weighted by atomic mass is 9.96. The van der Waals surface area contributed by atoms with Crippen molar-refractivity contribution in [3.05, 3.63) is 59.4 Å². The highest BCUT2D eigenvalue weighted by Crippen LogP contribution is 2.27. The molecule has 2 aromatic carbocycles. The van der Waals surface area contributed by atoms with Crippen LogP contribution in [0.3, 0.4) is 0 Å². The van der Waals surface area contributed by atoms with Crippen molar-refractivity contribution in [2.75, 3.05) is 25.0 Å². The van der Waals surface area contributed by atoms with Crippen LogP contribution >= 0.6 is 0 Å². The van der Waals surface area contributed by atoms with Gasteiger partial charge in [0, 0.05) is 11.6 Å². The highest BCUT2D eigenvalue weighted by molar-refractivity contribution is 5.93. The summed E-state index contributed by atoms with van der Waals surface area (Å²) in [7, 11) is 0. The number of benzene rings is 2. The summed E-state index contributed by atoms with van der Waals surface area (Å²) >= 11 is 0. The smallest absolute Gasteiger partial charge is 0.238 e. The Morgan fingerprint density at radius 3 is 2.70 bits per heavy atom. The molecule has 0 aliphatic carbocycles. The number of carbonyl (C=O) groups is 1. The fourth-order valence-electron chi connectivity index (χ4n) is 3.88. The summed E-state index contributed by atoms with van der Waals surface area (Å²) in [5.74, 6) is 1.58. The van der Waals surface area contributed by atoms with Crippen LogP contribution in [0.5, 0.6) is 0 Å². The number of para-hydroxylation sites is 2. The topological polar surface area (TPSA) is 61.0 Å². The van der Waals surface area contributed by atoms with E-state index in [0.717, 1.165) is 54.0 Å². The predicted molar refractivity (Wildman–Crippen MR) is 109 cm³/mol. The van der Waals surface area contributed by atoms with Gasteiger partial charge in [-0.05, 0) is 63.5 Å². The molecule has 5 nitrogen and oxygen atoms in total. The van der Waals surface area contributed by atoms with E-state index in [0.29, 0.717) is 12.5 Å². The van der Waals surface area contributed by atoms with Crippen molar-refractivity contribution in [1.29, 1.82) is 0 Å². The number of imidazole rings is 1. The molecule has 5 heteroatoms. The fraction of sp³-hybridized carbons (Fsp3) is 0.364. The van der Waals surface area contributed by atoms with Crippen LogP contribution in [0.1, 0.15) is 35.7 Å². The summed E-state index contributed by atoms with van der Waals surface area (Å²) in [4.78, 5) is 22.8. The van der Waals surface area contributed by atoms with Gasteiger partial charge >= 0.3 is 0 Å². The van der Waals surface area contributed by atoms with Crippen molar-refractivity contribution in [2.24, 2.45) is 0 Å². The summed E-state index contributed by atoms with van der Waals surface area (Å²) in [5, 5.41) is 3.05. The number of amides is 1. The van der Waals surface area contributed by atoms with Crippen LogP contribution in [0.15, 0.2) is 42.5 Å². The largest absolute Gasteiger partial charge is 0.342 e. The van der Waals surface area contributed by atoms with Crippen LogP contribution in [0.4, 0.5) is 5.69 Å². The molecule has 1 saturated heterocycles. The third kappa shape index (κ3) is 4.03. The van der Waals surface area contributed by atoms with Crippen LogP contribution in [-0.2, 0) is 4.79 Å². The lowest BCUT2D eigenvalue weighted by Crippen LogP contribution is -2.39. The molecule has 0 saturated carbocycles. The molecule has 0 bridgehead atoms. The molecule has 140 valence electrons. The van der Waals surface area contributed by atoms with Crippen molar-refractivity contribution < 1.29 is 4.79 Å². The Balaban J connectivity index is 1.31. The van der Waals surface area contributed by atoms with Gasteiger partial charge in [0.1, 0.15) is 5.82 Å². The Labute approximate surface area is 159 Å². The van der Waals surface area contributed by atoms with E-state index in [2.05, 4.69) is 34.3 Å². The number of piperidine rings is 1. The number of nitrogens with zero attached hydrogens (tertiary/aromatic N) is 2. The average Bonchev–Trinajstić information content (AvgIpc) is 3.09. The first-order valence-corrected chi connectivity index (χ1v) is 9.62. The molecule has 2 heterocycles. The summed E-state index contributed by atoms with van der Waals surface area (Å²) in [6.45, 7) is 6.37. The Hall–Kier alpha value is -2.66. The van der Waals surface area contributed by atoms with Gasteiger partial charge in [0.2, 0.25) is 5.91 Å². The van der Waals surface area contributed by atoms with Crippen molar-refractivity contribution >= 4 is 22.6 Å². The SMILES string of the molecule is Cc1ccc(NC(=O)CN2CCC(c3nc4ccccc4[nH]3)CC2)c(C)c1. The molecule has 1 aliphatic heterocycles. The number of H-pyrrole nitrogens is 1. The van der Waals surface area contributed by atoms with Gasteiger partial charge in [0.15, 0.2) is 0 Å². The number of aromatic amines is 1. The van der Waals surface area contributed by atoms with Crippen molar-refractivity contribution in [3.63, 3.8) is 0 Å². The van der Waals surface area contributed by atoms with Crippen molar-refractivity contribution in [1.82, 2.24) is 14.9 Å². The number of aryl methyl sites for hydroxylation is 2. The molecular formula is C22H26N4O. The second-order valence-electron chi connectivity index (χ2n) is 7.56. The van der Waals surface area contributed by atoms with Gasteiger partial charge in [0.25, 0.3) is 0 Å². The minimum atomic E-state index is 0.0594.